The molecule has 0 spiro atoms. The molecule has 0 heterocycles. The van der Waals surface area contributed by atoms with Crippen LogP contribution in [0.5, 0.6) is 0 Å². The molecule has 2 N–H and O–H groups in total. The van der Waals surface area contributed by atoms with Crippen molar-refractivity contribution in [3.63, 3.8) is 0 Å². The molecule has 0 radical (unpaired) electrons. The monoisotopic (exact) mass is 202 g/mol. The third-order valence-corrected chi connectivity index (χ3v) is 2.75. The summed E-state index contributed by atoms with van der Waals surface area (Å²) in [6.07, 6.45) is 0.937. The summed E-state index contributed by atoms with van der Waals surface area (Å²) in [6.45, 7) is 5.79. The minimum Gasteiger partial charge on any atom is -0.393 e. The van der Waals surface area contributed by atoms with Crippen LogP contribution in [0.25, 0.3) is 0 Å². The molecule has 0 aromatic rings. The first-order valence-electron chi connectivity index (χ1n) is 4.47. The van der Waals surface area contributed by atoms with Crippen LogP contribution >= 0.6 is 12.2 Å². The maximum absolute atomic E-state index is 11.6. The van der Waals surface area contributed by atoms with Crippen molar-refractivity contribution < 1.29 is 4.79 Å². The van der Waals surface area contributed by atoms with Gasteiger partial charge in [0.05, 0.1) is 10.9 Å². The highest BCUT2D eigenvalue weighted by molar-refractivity contribution is 7.80. The summed E-state index contributed by atoms with van der Waals surface area (Å²) in [4.78, 5) is 13.6. The standard InChI is InChI=1S/C9H18N2OS/c1-5-6(2)11(4)9(12)7(3)8(10)13/h6-7H,5H2,1-4H3,(H2,10,13). The van der Waals surface area contributed by atoms with E-state index in [1.807, 2.05) is 13.8 Å². The van der Waals surface area contributed by atoms with Gasteiger partial charge in [-0.1, -0.05) is 19.1 Å². The summed E-state index contributed by atoms with van der Waals surface area (Å²) < 4.78 is 0. The quantitative estimate of drug-likeness (QED) is 0.696. The summed E-state index contributed by atoms with van der Waals surface area (Å²) in [6, 6.07) is 0.240. The van der Waals surface area contributed by atoms with Crippen LogP contribution in [0.2, 0.25) is 0 Å². The Hall–Kier alpha value is -0.640. The van der Waals surface area contributed by atoms with E-state index < -0.39 is 0 Å². The Bertz CT molecular complexity index is 206. The molecule has 0 aliphatic rings. The minimum absolute atomic E-state index is 0.00171. The van der Waals surface area contributed by atoms with Crippen LogP contribution in [0, 0.1) is 5.92 Å². The van der Waals surface area contributed by atoms with Crippen LogP contribution in [-0.2, 0) is 4.79 Å². The SMILES string of the molecule is CCC(C)N(C)C(=O)C(C)C(N)=S. The average Bonchev–Trinajstić information content (AvgIpc) is 2.12. The number of carbonyl (C=O) groups is 1. The highest BCUT2D eigenvalue weighted by Crippen LogP contribution is 2.07. The molecule has 3 nitrogen and oxygen atoms in total. The number of nitrogens with zero attached hydrogens (tertiary/aromatic N) is 1. The molecule has 0 saturated carbocycles. The molecule has 0 rings (SSSR count). The number of nitrogens with two attached hydrogens (primary N) is 1. The molecule has 0 aromatic carbocycles. The van der Waals surface area contributed by atoms with Crippen LogP contribution in [0.1, 0.15) is 27.2 Å². The van der Waals surface area contributed by atoms with Crippen molar-refractivity contribution in [2.45, 2.75) is 33.2 Å². The van der Waals surface area contributed by atoms with Gasteiger partial charge in [0.1, 0.15) is 0 Å². The smallest absolute Gasteiger partial charge is 0.232 e. The average molecular weight is 202 g/mol. The lowest BCUT2D eigenvalue weighted by Crippen LogP contribution is -2.41. The van der Waals surface area contributed by atoms with E-state index in [1.54, 1.807) is 18.9 Å². The van der Waals surface area contributed by atoms with Crippen molar-refractivity contribution in [2.24, 2.45) is 11.7 Å². The number of hydrogen-bond acceptors (Lipinski definition) is 2. The normalized spacial score (nSPS) is 14.8. The number of carbonyl (C=O) groups excluding carboxylic acids is 1. The van der Waals surface area contributed by atoms with Gasteiger partial charge in [-0.15, -0.1) is 0 Å². The highest BCUT2D eigenvalue weighted by Gasteiger charge is 2.22. The van der Waals surface area contributed by atoms with Gasteiger partial charge >= 0.3 is 0 Å². The molecule has 76 valence electrons. The fourth-order valence-electron chi connectivity index (χ4n) is 0.918. The molecular formula is C9H18N2OS. The Morgan fingerprint density at radius 1 is 1.54 bits per heavy atom. The summed E-state index contributed by atoms with van der Waals surface area (Å²) >= 11 is 4.77. The van der Waals surface area contributed by atoms with Crippen LogP contribution in [0.3, 0.4) is 0 Å². The minimum atomic E-state index is -0.353. The Morgan fingerprint density at radius 3 is 2.31 bits per heavy atom. The van der Waals surface area contributed by atoms with Crippen molar-refractivity contribution in [3.8, 4) is 0 Å². The van der Waals surface area contributed by atoms with E-state index in [0.29, 0.717) is 0 Å². The third kappa shape index (κ3) is 3.30. The predicted octanol–water partition coefficient (Wildman–Crippen LogP) is 1.17. The molecule has 2 unspecified atom stereocenters. The first kappa shape index (κ1) is 12.4. The summed E-state index contributed by atoms with van der Waals surface area (Å²) in [5.41, 5.74) is 5.40. The van der Waals surface area contributed by atoms with Crippen LogP contribution in [0.4, 0.5) is 0 Å². The molecule has 0 bridgehead atoms. The third-order valence-electron chi connectivity index (χ3n) is 2.40. The molecule has 2 atom stereocenters. The fourth-order valence-corrected chi connectivity index (χ4v) is 1.02. The lowest BCUT2D eigenvalue weighted by atomic mass is 10.1. The lowest BCUT2D eigenvalue weighted by Gasteiger charge is -2.26. The van der Waals surface area contributed by atoms with Crippen LogP contribution in [-0.4, -0.2) is 28.9 Å². The maximum atomic E-state index is 11.6. The molecular weight excluding hydrogens is 184 g/mol. The van der Waals surface area contributed by atoms with Crippen molar-refractivity contribution in [1.29, 1.82) is 0 Å². The summed E-state index contributed by atoms with van der Waals surface area (Å²) in [5.74, 6) is -0.351. The predicted molar refractivity (Wildman–Crippen MR) is 58.5 cm³/mol. The van der Waals surface area contributed by atoms with Crippen molar-refractivity contribution in [2.75, 3.05) is 7.05 Å². The van der Waals surface area contributed by atoms with Crippen molar-refractivity contribution in [1.82, 2.24) is 4.90 Å². The molecule has 0 aliphatic heterocycles. The van der Waals surface area contributed by atoms with Crippen molar-refractivity contribution in [3.05, 3.63) is 0 Å². The Morgan fingerprint density at radius 2 is 2.00 bits per heavy atom. The van der Waals surface area contributed by atoms with E-state index in [9.17, 15) is 4.79 Å². The summed E-state index contributed by atoms with van der Waals surface area (Å²) in [5, 5.41) is 0. The maximum Gasteiger partial charge on any atom is 0.232 e. The second-order valence-corrected chi connectivity index (χ2v) is 3.80. The Balaban J connectivity index is 4.33. The topological polar surface area (TPSA) is 46.3 Å². The first-order chi connectivity index (χ1) is 5.91. The van der Waals surface area contributed by atoms with E-state index in [2.05, 4.69) is 0 Å². The van der Waals surface area contributed by atoms with Crippen molar-refractivity contribution >= 4 is 23.1 Å². The van der Waals surface area contributed by atoms with Gasteiger partial charge in [-0.2, -0.15) is 0 Å². The van der Waals surface area contributed by atoms with Gasteiger partial charge < -0.3 is 10.6 Å². The van der Waals surface area contributed by atoms with Gasteiger partial charge in [-0.3, -0.25) is 4.79 Å². The van der Waals surface area contributed by atoms with Crippen LogP contribution in [0.15, 0.2) is 0 Å². The van der Waals surface area contributed by atoms with Gasteiger partial charge in [0.25, 0.3) is 0 Å². The Labute approximate surface area is 85.3 Å². The van der Waals surface area contributed by atoms with Gasteiger partial charge in [-0.25, -0.2) is 0 Å². The van der Waals surface area contributed by atoms with E-state index >= 15 is 0 Å². The number of amides is 1. The van der Waals surface area contributed by atoms with E-state index in [1.165, 1.54) is 0 Å². The Kier molecular flexibility index (Phi) is 4.91. The fraction of sp³-hybridized carbons (Fsp3) is 0.778. The van der Waals surface area contributed by atoms with Gasteiger partial charge in [-0.05, 0) is 20.3 Å². The first-order valence-corrected chi connectivity index (χ1v) is 4.88. The molecule has 1 amide bonds. The van der Waals surface area contributed by atoms with Gasteiger partial charge in [0.15, 0.2) is 0 Å². The zero-order valence-electron chi connectivity index (χ0n) is 8.70. The second-order valence-electron chi connectivity index (χ2n) is 3.33. The molecule has 13 heavy (non-hydrogen) atoms. The number of thiocarbonyl (C=S) groups is 1. The van der Waals surface area contributed by atoms with Crippen LogP contribution < -0.4 is 5.73 Å². The summed E-state index contributed by atoms with van der Waals surface area (Å²) in [7, 11) is 1.78. The molecule has 4 heteroatoms. The molecule has 0 aliphatic carbocycles. The number of hydrogen-bond donors (Lipinski definition) is 1. The van der Waals surface area contributed by atoms with E-state index in [0.717, 1.165) is 6.42 Å². The molecule has 0 aromatic heterocycles. The lowest BCUT2D eigenvalue weighted by molar-refractivity contribution is -0.133. The molecule has 0 saturated heterocycles. The van der Waals surface area contributed by atoms with E-state index in [-0.39, 0.29) is 22.9 Å². The van der Waals surface area contributed by atoms with E-state index in [4.69, 9.17) is 18.0 Å². The second kappa shape index (κ2) is 5.17. The largest absolute Gasteiger partial charge is 0.393 e. The molecule has 0 fully saturated rings. The van der Waals surface area contributed by atoms with Gasteiger partial charge in [0, 0.05) is 13.1 Å². The highest BCUT2D eigenvalue weighted by atomic mass is 32.1. The number of rotatable bonds is 4. The zero-order valence-corrected chi connectivity index (χ0v) is 9.52. The zero-order chi connectivity index (χ0) is 10.6. The van der Waals surface area contributed by atoms with Gasteiger partial charge in [0.2, 0.25) is 5.91 Å².